The van der Waals surface area contributed by atoms with Gasteiger partial charge in [-0.1, -0.05) is 13.3 Å². The number of carbonyl (C=O) groups is 1. The van der Waals surface area contributed by atoms with Crippen molar-refractivity contribution in [3.63, 3.8) is 0 Å². The van der Waals surface area contributed by atoms with Gasteiger partial charge < -0.3 is 5.32 Å². The number of piperidine rings is 1. The molecular weight excluding hydrogens is 162 g/mol. The molecule has 0 spiro atoms. The summed E-state index contributed by atoms with van der Waals surface area (Å²) in [6.45, 7) is 3.29. The maximum absolute atomic E-state index is 11.6. The third-order valence-corrected chi connectivity index (χ3v) is 3.38. The van der Waals surface area contributed by atoms with Crippen LogP contribution in [0.1, 0.15) is 39.0 Å². The van der Waals surface area contributed by atoms with Gasteiger partial charge in [0.2, 0.25) is 0 Å². The average Bonchev–Trinajstić information content (AvgIpc) is 2.84. The Hall–Kier alpha value is -0.370. The molecule has 2 aliphatic rings. The van der Waals surface area contributed by atoms with Crippen LogP contribution in [0.4, 0.5) is 0 Å². The van der Waals surface area contributed by atoms with Gasteiger partial charge in [-0.25, -0.2) is 0 Å². The maximum atomic E-state index is 11.6. The molecular formula is C11H19NO. The van der Waals surface area contributed by atoms with E-state index in [0.717, 1.165) is 19.4 Å². The van der Waals surface area contributed by atoms with Crippen LogP contribution in [-0.2, 0) is 4.79 Å². The number of Topliss-reactive ketones (excluding diaryl/α,β-unsaturated/α-hetero) is 1. The van der Waals surface area contributed by atoms with Gasteiger partial charge in [-0.3, -0.25) is 4.79 Å². The predicted octanol–water partition coefficient (Wildman–Crippen LogP) is 1.74. The Morgan fingerprint density at radius 1 is 1.46 bits per heavy atom. The fourth-order valence-corrected chi connectivity index (χ4v) is 2.26. The summed E-state index contributed by atoms with van der Waals surface area (Å²) in [4.78, 5) is 11.6. The molecule has 0 radical (unpaired) electrons. The smallest absolute Gasteiger partial charge is 0.137 e. The molecule has 1 aliphatic heterocycles. The lowest BCUT2D eigenvalue weighted by Crippen LogP contribution is -2.36. The van der Waals surface area contributed by atoms with Crippen LogP contribution < -0.4 is 5.32 Å². The number of nitrogens with one attached hydrogen (secondary N) is 1. The summed E-state index contributed by atoms with van der Waals surface area (Å²) in [6.07, 6.45) is 5.71. The zero-order valence-electron chi connectivity index (χ0n) is 8.38. The van der Waals surface area contributed by atoms with Crippen molar-refractivity contribution in [3.8, 4) is 0 Å². The molecule has 2 fully saturated rings. The van der Waals surface area contributed by atoms with Crippen molar-refractivity contribution in [1.82, 2.24) is 5.32 Å². The van der Waals surface area contributed by atoms with E-state index in [1.807, 2.05) is 0 Å². The highest BCUT2D eigenvalue weighted by atomic mass is 16.1. The largest absolute Gasteiger partial charge is 0.314 e. The lowest BCUT2D eigenvalue weighted by Gasteiger charge is -2.22. The van der Waals surface area contributed by atoms with E-state index in [-0.39, 0.29) is 0 Å². The fourth-order valence-electron chi connectivity index (χ4n) is 2.26. The number of hydrogen-bond acceptors (Lipinski definition) is 2. The molecule has 0 aromatic carbocycles. The second-order valence-electron chi connectivity index (χ2n) is 4.64. The summed E-state index contributed by atoms with van der Waals surface area (Å²) in [5.41, 5.74) is 0. The maximum Gasteiger partial charge on any atom is 0.137 e. The van der Waals surface area contributed by atoms with Gasteiger partial charge in [-0.2, -0.15) is 0 Å². The average molecular weight is 181 g/mol. The quantitative estimate of drug-likeness (QED) is 0.718. The lowest BCUT2D eigenvalue weighted by atomic mass is 9.98. The van der Waals surface area contributed by atoms with Crippen molar-refractivity contribution < 1.29 is 4.79 Å². The minimum Gasteiger partial charge on any atom is -0.314 e. The molecule has 0 bridgehead atoms. The van der Waals surface area contributed by atoms with Gasteiger partial charge in [0.05, 0.1) is 0 Å². The summed E-state index contributed by atoms with van der Waals surface area (Å²) in [7, 11) is 0. The highest BCUT2D eigenvalue weighted by molar-refractivity contribution is 5.84. The van der Waals surface area contributed by atoms with Crippen LogP contribution in [0.25, 0.3) is 0 Å². The van der Waals surface area contributed by atoms with Crippen LogP contribution in [0.5, 0.6) is 0 Å². The molecule has 1 aliphatic carbocycles. The second-order valence-corrected chi connectivity index (χ2v) is 4.64. The molecule has 2 rings (SSSR count). The molecule has 0 aromatic heterocycles. The number of rotatable bonds is 3. The Labute approximate surface area is 80.1 Å². The third kappa shape index (κ3) is 2.31. The molecule has 1 saturated heterocycles. The van der Waals surface area contributed by atoms with Gasteiger partial charge in [0.15, 0.2) is 0 Å². The molecule has 0 amide bonds. The van der Waals surface area contributed by atoms with E-state index in [4.69, 9.17) is 0 Å². The van der Waals surface area contributed by atoms with Crippen molar-refractivity contribution in [2.45, 2.75) is 45.1 Å². The standard InChI is InChI=1S/C11H19NO/c1-8-6-10(8)11(13)7-9-4-2-3-5-12-9/h8-10,12H,2-7H2,1H3. The van der Waals surface area contributed by atoms with Gasteiger partial charge in [0, 0.05) is 18.4 Å². The molecule has 3 atom stereocenters. The molecule has 2 nitrogen and oxygen atoms in total. The van der Waals surface area contributed by atoms with Crippen LogP contribution in [0.2, 0.25) is 0 Å². The van der Waals surface area contributed by atoms with Gasteiger partial charge >= 0.3 is 0 Å². The Balaban J connectivity index is 1.73. The molecule has 3 unspecified atom stereocenters. The predicted molar refractivity (Wildman–Crippen MR) is 52.5 cm³/mol. The van der Waals surface area contributed by atoms with Gasteiger partial charge in [0.1, 0.15) is 5.78 Å². The summed E-state index contributed by atoms with van der Waals surface area (Å²) >= 11 is 0. The van der Waals surface area contributed by atoms with Gasteiger partial charge in [-0.15, -0.1) is 0 Å². The first kappa shape index (κ1) is 9.20. The Morgan fingerprint density at radius 3 is 2.77 bits per heavy atom. The van der Waals surface area contributed by atoms with Crippen molar-refractivity contribution >= 4 is 5.78 Å². The summed E-state index contributed by atoms with van der Waals surface area (Å²) in [5.74, 6) is 1.60. The first-order valence-corrected chi connectivity index (χ1v) is 5.53. The van der Waals surface area contributed by atoms with Gasteiger partial charge in [0.25, 0.3) is 0 Å². The monoisotopic (exact) mass is 181 g/mol. The number of hydrogen-bond donors (Lipinski definition) is 1. The number of carbonyl (C=O) groups excluding carboxylic acids is 1. The molecule has 74 valence electrons. The molecule has 1 heterocycles. The van der Waals surface area contributed by atoms with E-state index in [0.29, 0.717) is 23.7 Å². The highest BCUT2D eigenvalue weighted by Crippen LogP contribution is 2.39. The first-order chi connectivity index (χ1) is 6.27. The van der Waals surface area contributed by atoms with Crippen LogP contribution in [0.3, 0.4) is 0 Å². The van der Waals surface area contributed by atoms with Crippen molar-refractivity contribution in [3.05, 3.63) is 0 Å². The van der Waals surface area contributed by atoms with E-state index >= 15 is 0 Å². The van der Waals surface area contributed by atoms with Crippen molar-refractivity contribution in [1.29, 1.82) is 0 Å². The third-order valence-electron chi connectivity index (χ3n) is 3.38. The Kier molecular flexibility index (Phi) is 2.68. The minimum atomic E-state index is 0.420. The Bertz CT molecular complexity index is 196. The highest BCUT2D eigenvalue weighted by Gasteiger charge is 2.39. The van der Waals surface area contributed by atoms with Crippen LogP contribution in [-0.4, -0.2) is 18.4 Å². The summed E-state index contributed by atoms with van der Waals surface area (Å²) in [6, 6.07) is 0.494. The van der Waals surface area contributed by atoms with Crippen LogP contribution in [0.15, 0.2) is 0 Å². The lowest BCUT2D eigenvalue weighted by molar-refractivity contribution is -0.121. The SMILES string of the molecule is CC1CC1C(=O)CC1CCCCN1. The normalized spacial score (nSPS) is 38.7. The summed E-state index contributed by atoms with van der Waals surface area (Å²) < 4.78 is 0. The number of ketones is 1. The van der Waals surface area contributed by atoms with E-state index in [1.54, 1.807) is 0 Å². The van der Waals surface area contributed by atoms with E-state index in [1.165, 1.54) is 19.3 Å². The molecule has 13 heavy (non-hydrogen) atoms. The first-order valence-electron chi connectivity index (χ1n) is 5.53. The molecule has 0 aromatic rings. The molecule has 1 saturated carbocycles. The van der Waals surface area contributed by atoms with Crippen molar-refractivity contribution in [2.75, 3.05) is 6.54 Å². The van der Waals surface area contributed by atoms with E-state index in [9.17, 15) is 4.79 Å². The fraction of sp³-hybridized carbons (Fsp3) is 0.909. The van der Waals surface area contributed by atoms with Crippen LogP contribution >= 0.6 is 0 Å². The van der Waals surface area contributed by atoms with Crippen molar-refractivity contribution in [2.24, 2.45) is 11.8 Å². The van der Waals surface area contributed by atoms with E-state index < -0.39 is 0 Å². The zero-order valence-corrected chi connectivity index (χ0v) is 8.38. The van der Waals surface area contributed by atoms with E-state index in [2.05, 4.69) is 12.2 Å². The van der Waals surface area contributed by atoms with Crippen LogP contribution in [0, 0.1) is 11.8 Å². The summed E-state index contributed by atoms with van der Waals surface area (Å²) in [5, 5.41) is 3.43. The minimum absolute atomic E-state index is 0.420. The Morgan fingerprint density at radius 2 is 2.23 bits per heavy atom. The topological polar surface area (TPSA) is 29.1 Å². The van der Waals surface area contributed by atoms with Gasteiger partial charge in [-0.05, 0) is 31.7 Å². The zero-order chi connectivity index (χ0) is 9.26. The molecule has 1 N–H and O–H groups in total. The molecule has 2 heteroatoms. The second kappa shape index (κ2) is 3.79.